The van der Waals surface area contributed by atoms with E-state index in [-0.39, 0.29) is 21.7 Å². The van der Waals surface area contributed by atoms with Gasteiger partial charge in [0, 0.05) is 16.8 Å². The van der Waals surface area contributed by atoms with Crippen LogP contribution in [0.4, 0.5) is 5.69 Å². The maximum Gasteiger partial charge on any atom is 0.339 e. The van der Waals surface area contributed by atoms with E-state index in [0.29, 0.717) is 36.0 Å². The number of anilines is 1. The monoisotopic (exact) mass is 476 g/mol. The highest BCUT2D eigenvalue weighted by molar-refractivity contribution is 6.32. The smallest absolute Gasteiger partial charge is 0.339 e. The summed E-state index contributed by atoms with van der Waals surface area (Å²) in [7, 11) is 0. The Morgan fingerprint density at radius 3 is 2.44 bits per heavy atom. The first-order valence-electron chi connectivity index (χ1n) is 10.2. The van der Waals surface area contributed by atoms with Crippen molar-refractivity contribution >= 4 is 34.9 Å². The van der Waals surface area contributed by atoms with Gasteiger partial charge in [0.25, 0.3) is 5.91 Å². The highest BCUT2D eigenvalue weighted by atomic mass is 35.5. The van der Waals surface area contributed by atoms with E-state index < -0.39 is 24.3 Å². The number of benzene rings is 3. The van der Waals surface area contributed by atoms with Gasteiger partial charge in [-0.3, -0.25) is 9.59 Å². The summed E-state index contributed by atoms with van der Waals surface area (Å²) < 4.78 is 16.1. The van der Waals surface area contributed by atoms with Gasteiger partial charge in [0.1, 0.15) is 19.3 Å². The van der Waals surface area contributed by atoms with Crippen LogP contribution in [0.25, 0.3) is 0 Å². The number of carbonyl (C=O) groups is 3. The van der Waals surface area contributed by atoms with Crippen LogP contribution in [0.3, 0.4) is 0 Å². The predicted molar refractivity (Wildman–Crippen MR) is 122 cm³/mol. The van der Waals surface area contributed by atoms with Gasteiger partial charge in [-0.15, -0.1) is 0 Å². The first kappa shape index (κ1) is 22.8. The molecular formula is C25H17ClN2O6. The number of carbonyl (C=O) groups excluding carboxylic acids is 3. The molecule has 9 heteroatoms. The molecule has 0 saturated heterocycles. The molecule has 0 aliphatic carbocycles. The topological polar surface area (TPSA) is 115 Å². The van der Waals surface area contributed by atoms with Gasteiger partial charge in [-0.05, 0) is 42.5 Å². The number of fused-ring (bicyclic) bond motifs is 1. The summed E-state index contributed by atoms with van der Waals surface area (Å²) in [6.07, 6.45) is 0. The van der Waals surface area contributed by atoms with E-state index in [9.17, 15) is 14.4 Å². The van der Waals surface area contributed by atoms with Crippen molar-refractivity contribution in [2.45, 2.75) is 0 Å². The van der Waals surface area contributed by atoms with E-state index in [1.54, 1.807) is 30.3 Å². The van der Waals surface area contributed by atoms with Crippen LogP contribution in [-0.2, 0) is 9.53 Å². The standard InChI is InChI=1S/C25H17ClN2O6/c26-20-12-17(7-5-16(20)13-27)28-23(29)14-34-25(31)19-4-2-1-3-18(19)24(30)15-6-8-21-22(11-15)33-10-9-32-21/h1-8,11-12H,9-10,14H2,(H,28,29). The van der Waals surface area contributed by atoms with Crippen LogP contribution in [0, 0.1) is 11.3 Å². The number of esters is 1. The van der Waals surface area contributed by atoms with Crippen LogP contribution >= 0.6 is 11.6 Å². The van der Waals surface area contributed by atoms with E-state index in [1.807, 2.05) is 6.07 Å². The van der Waals surface area contributed by atoms with Crippen molar-refractivity contribution in [1.29, 1.82) is 5.26 Å². The van der Waals surface area contributed by atoms with Gasteiger partial charge >= 0.3 is 5.97 Å². The predicted octanol–water partition coefficient (Wildman–Crippen LogP) is 4.01. The number of nitrogens with one attached hydrogen (secondary N) is 1. The first-order valence-corrected chi connectivity index (χ1v) is 10.5. The largest absolute Gasteiger partial charge is 0.486 e. The highest BCUT2D eigenvalue weighted by Gasteiger charge is 2.22. The lowest BCUT2D eigenvalue weighted by atomic mass is 9.98. The van der Waals surface area contributed by atoms with E-state index in [2.05, 4.69) is 5.32 Å². The summed E-state index contributed by atoms with van der Waals surface area (Å²) >= 11 is 5.95. The molecule has 1 aliphatic rings. The maximum atomic E-state index is 13.1. The van der Waals surface area contributed by atoms with Crippen LogP contribution in [0.15, 0.2) is 60.7 Å². The zero-order valence-electron chi connectivity index (χ0n) is 17.7. The third-order valence-corrected chi connectivity index (χ3v) is 5.22. The Hall–Kier alpha value is -4.35. The quantitative estimate of drug-likeness (QED) is 0.422. The van der Waals surface area contributed by atoms with Crippen molar-refractivity contribution in [3.63, 3.8) is 0 Å². The van der Waals surface area contributed by atoms with Crippen LogP contribution < -0.4 is 14.8 Å². The molecule has 1 aliphatic heterocycles. The molecule has 1 N–H and O–H groups in total. The lowest BCUT2D eigenvalue weighted by molar-refractivity contribution is -0.119. The molecule has 0 atom stereocenters. The number of rotatable bonds is 6. The number of ketones is 1. The third kappa shape index (κ3) is 5.00. The van der Waals surface area contributed by atoms with Gasteiger partial charge in [0.15, 0.2) is 23.9 Å². The number of hydrogen-bond acceptors (Lipinski definition) is 7. The molecule has 0 fully saturated rings. The molecule has 170 valence electrons. The Balaban J connectivity index is 1.44. The van der Waals surface area contributed by atoms with E-state index in [1.165, 1.54) is 30.3 Å². The Labute approximate surface area is 199 Å². The number of nitriles is 1. The summed E-state index contributed by atoms with van der Waals surface area (Å²) in [6.45, 7) is 0.230. The van der Waals surface area contributed by atoms with Crippen molar-refractivity contribution in [2.75, 3.05) is 25.1 Å². The molecule has 8 nitrogen and oxygen atoms in total. The lowest BCUT2D eigenvalue weighted by Crippen LogP contribution is -2.22. The Morgan fingerprint density at radius 2 is 1.71 bits per heavy atom. The van der Waals surface area contributed by atoms with Gasteiger partial charge in [-0.2, -0.15) is 5.26 Å². The minimum atomic E-state index is -0.825. The SMILES string of the molecule is N#Cc1ccc(NC(=O)COC(=O)c2ccccc2C(=O)c2ccc3c(c2)OCCO3)cc1Cl. The Bertz CT molecular complexity index is 1330. The van der Waals surface area contributed by atoms with Gasteiger partial charge in [-0.25, -0.2) is 4.79 Å². The average molecular weight is 477 g/mol. The zero-order valence-corrected chi connectivity index (χ0v) is 18.4. The number of amides is 1. The van der Waals surface area contributed by atoms with Crippen molar-refractivity contribution in [3.05, 3.63) is 87.9 Å². The van der Waals surface area contributed by atoms with Crippen molar-refractivity contribution < 1.29 is 28.6 Å². The molecule has 0 saturated carbocycles. The third-order valence-electron chi connectivity index (χ3n) is 4.90. The molecule has 0 radical (unpaired) electrons. The second-order valence-electron chi connectivity index (χ2n) is 7.16. The molecule has 0 bridgehead atoms. The maximum absolute atomic E-state index is 13.1. The van der Waals surface area contributed by atoms with Gasteiger partial charge in [-0.1, -0.05) is 29.8 Å². The molecule has 0 spiro atoms. The molecule has 1 amide bonds. The molecule has 1 heterocycles. The lowest BCUT2D eigenvalue weighted by Gasteiger charge is -2.18. The van der Waals surface area contributed by atoms with Crippen LogP contribution in [0.5, 0.6) is 11.5 Å². The fourth-order valence-electron chi connectivity index (χ4n) is 3.29. The molecule has 0 aromatic heterocycles. The molecule has 0 unspecified atom stereocenters. The van der Waals surface area contributed by atoms with E-state index >= 15 is 0 Å². The van der Waals surface area contributed by atoms with Gasteiger partial charge < -0.3 is 19.5 Å². The summed E-state index contributed by atoms with van der Waals surface area (Å²) in [5.74, 6) is -0.831. The van der Waals surface area contributed by atoms with Crippen LogP contribution in [0.2, 0.25) is 5.02 Å². The minimum Gasteiger partial charge on any atom is -0.486 e. The second kappa shape index (κ2) is 10.1. The summed E-state index contributed by atoms with van der Waals surface area (Å²) in [6, 6.07) is 17.3. The molecule has 3 aromatic carbocycles. The second-order valence-corrected chi connectivity index (χ2v) is 7.57. The van der Waals surface area contributed by atoms with Crippen molar-refractivity contribution in [3.8, 4) is 17.6 Å². The summed E-state index contributed by atoms with van der Waals surface area (Å²) in [4.78, 5) is 38.0. The highest BCUT2D eigenvalue weighted by Crippen LogP contribution is 2.31. The van der Waals surface area contributed by atoms with E-state index in [4.69, 9.17) is 31.1 Å². The van der Waals surface area contributed by atoms with Crippen molar-refractivity contribution in [2.24, 2.45) is 0 Å². The average Bonchev–Trinajstić information content (AvgIpc) is 2.86. The molecule has 3 aromatic rings. The van der Waals surface area contributed by atoms with Crippen molar-refractivity contribution in [1.82, 2.24) is 0 Å². The Kier molecular flexibility index (Phi) is 6.76. The van der Waals surface area contributed by atoms with E-state index in [0.717, 1.165) is 0 Å². The molecular weight excluding hydrogens is 460 g/mol. The fraction of sp³-hybridized carbons (Fsp3) is 0.120. The van der Waals surface area contributed by atoms with Gasteiger partial charge in [0.2, 0.25) is 0 Å². The first-order chi connectivity index (χ1) is 16.5. The summed E-state index contributed by atoms with van der Waals surface area (Å²) in [5.41, 5.74) is 1.09. The number of hydrogen-bond donors (Lipinski definition) is 1. The summed E-state index contributed by atoms with van der Waals surface area (Å²) in [5, 5.41) is 11.6. The fourth-order valence-corrected chi connectivity index (χ4v) is 3.51. The number of halogens is 1. The number of ether oxygens (including phenoxy) is 3. The number of nitrogens with zero attached hydrogens (tertiary/aromatic N) is 1. The van der Waals surface area contributed by atoms with Gasteiger partial charge in [0.05, 0.1) is 16.1 Å². The van der Waals surface area contributed by atoms with Crippen LogP contribution in [-0.4, -0.2) is 37.5 Å². The minimum absolute atomic E-state index is 0.0246. The zero-order chi connectivity index (χ0) is 24.1. The molecule has 4 rings (SSSR count). The van der Waals surface area contributed by atoms with Crippen LogP contribution in [0.1, 0.15) is 31.8 Å². The normalized spacial score (nSPS) is 11.8. The Morgan fingerprint density at radius 1 is 0.971 bits per heavy atom. The molecule has 34 heavy (non-hydrogen) atoms.